The first-order valence-corrected chi connectivity index (χ1v) is 16.1. The summed E-state index contributed by atoms with van der Waals surface area (Å²) < 4.78 is 5.69. The lowest BCUT2D eigenvalue weighted by atomic mass is 9.43. The van der Waals surface area contributed by atoms with Crippen LogP contribution in [-0.4, -0.2) is 45.1 Å². The molecule has 212 valence electrons. The Morgan fingerprint density at radius 2 is 1.87 bits per heavy atom. The van der Waals surface area contributed by atoms with Gasteiger partial charge in [-0.1, -0.05) is 32.1 Å². The van der Waals surface area contributed by atoms with Crippen LogP contribution in [0, 0.1) is 46.3 Å². The number of rotatable bonds is 6. The fourth-order valence-electron chi connectivity index (χ4n) is 10.1. The van der Waals surface area contributed by atoms with E-state index in [-0.39, 0.29) is 35.0 Å². The van der Waals surface area contributed by atoms with Crippen LogP contribution in [-0.2, 0) is 9.53 Å². The third-order valence-corrected chi connectivity index (χ3v) is 13.1. The SMILES string of the molecule is C[C@H](CCC(=O)Nc1nnc([C@@H]2CCCO2)s1)[C@@H]1CC[C@@H]2[C@H]3[C@@H](O)C[C@@H]4C[C@H](O)CC[C@]4(C)[C@H]3CC[C@@]21C. The van der Waals surface area contributed by atoms with Gasteiger partial charge in [0.05, 0.1) is 12.2 Å². The predicted molar refractivity (Wildman–Crippen MR) is 147 cm³/mol. The second kappa shape index (κ2) is 10.4. The highest BCUT2D eigenvalue weighted by atomic mass is 32.1. The molecule has 0 bridgehead atoms. The molecule has 5 fully saturated rings. The van der Waals surface area contributed by atoms with E-state index in [1.54, 1.807) is 0 Å². The standard InChI is InChI=1S/C30H47N3O4S/c1-17(6-9-25(36)31-28-33-32-27(38-28)24-5-4-14-37-24)20-7-8-21-26-22(11-13-30(20,21)3)29(2)12-10-19(34)15-18(29)16-23(26)35/h17-24,26,34-35H,4-16H2,1-3H3,(H,31,33,36)/t17-,18+,19-,20+,21-,22+,23+,24+,26-,29+,30-/m1/s1. The highest BCUT2D eigenvalue weighted by Crippen LogP contribution is 2.68. The minimum absolute atomic E-state index is 0.0245. The first-order valence-electron chi connectivity index (χ1n) is 15.3. The molecule has 3 N–H and O–H groups in total. The van der Waals surface area contributed by atoms with Crippen molar-refractivity contribution in [2.45, 2.75) is 116 Å². The second-order valence-electron chi connectivity index (χ2n) is 14.0. The summed E-state index contributed by atoms with van der Waals surface area (Å²) in [7, 11) is 0. The van der Waals surface area contributed by atoms with Crippen molar-refractivity contribution in [3.8, 4) is 0 Å². The minimum atomic E-state index is -0.237. The summed E-state index contributed by atoms with van der Waals surface area (Å²) in [6.07, 6.45) is 11.6. The van der Waals surface area contributed by atoms with Crippen LogP contribution in [0.3, 0.4) is 0 Å². The highest BCUT2D eigenvalue weighted by Gasteiger charge is 2.62. The van der Waals surface area contributed by atoms with Crippen molar-refractivity contribution in [3.05, 3.63) is 5.01 Å². The molecular weight excluding hydrogens is 498 g/mol. The molecule has 1 amide bonds. The van der Waals surface area contributed by atoms with Gasteiger partial charge in [-0.05, 0) is 117 Å². The van der Waals surface area contributed by atoms with Crippen molar-refractivity contribution < 1.29 is 19.7 Å². The first kappa shape index (κ1) is 27.1. The zero-order valence-corrected chi connectivity index (χ0v) is 24.2. The maximum absolute atomic E-state index is 12.8. The lowest BCUT2D eigenvalue weighted by Crippen LogP contribution is -2.58. The molecule has 0 spiro atoms. The molecule has 0 radical (unpaired) electrons. The van der Waals surface area contributed by atoms with E-state index in [0.29, 0.717) is 47.1 Å². The van der Waals surface area contributed by atoms with Crippen molar-refractivity contribution in [3.63, 3.8) is 0 Å². The van der Waals surface area contributed by atoms with Crippen molar-refractivity contribution in [2.75, 3.05) is 11.9 Å². The van der Waals surface area contributed by atoms with E-state index < -0.39 is 0 Å². The summed E-state index contributed by atoms with van der Waals surface area (Å²) in [6, 6.07) is 0. The molecule has 0 unspecified atom stereocenters. The third-order valence-electron chi connectivity index (χ3n) is 12.1. The number of amides is 1. The molecular formula is C30H47N3O4S. The summed E-state index contributed by atoms with van der Waals surface area (Å²) >= 11 is 1.43. The van der Waals surface area contributed by atoms with Crippen LogP contribution in [0.5, 0.6) is 0 Å². The lowest BCUT2D eigenvalue weighted by Gasteiger charge is -2.62. The van der Waals surface area contributed by atoms with Gasteiger partial charge in [-0.15, -0.1) is 10.2 Å². The monoisotopic (exact) mass is 545 g/mol. The van der Waals surface area contributed by atoms with Crippen LogP contribution in [0.4, 0.5) is 5.13 Å². The summed E-state index contributed by atoms with van der Waals surface area (Å²) in [5.41, 5.74) is 0.505. The van der Waals surface area contributed by atoms with E-state index in [0.717, 1.165) is 56.6 Å². The van der Waals surface area contributed by atoms with Gasteiger partial charge in [-0.25, -0.2) is 0 Å². The Hall–Kier alpha value is -1.09. The Morgan fingerprint density at radius 3 is 2.66 bits per heavy atom. The van der Waals surface area contributed by atoms with Crippen LogP contribution in [0.15, 0.2) is 0 Å². The fourth-order valence-corrected chi connectivity index (χ4v) is 10.9. The number of carbonyl (C=O) groups is 1. The Kier molecular flexibility index (Phi) is 7.41. The van der Waals surface area contributed by atoms with Crippen molar-refractivity contribution in [1.29, 1.82) is 0 Å². The smallest absolute Gasteiger partial charge is 0.226 e. The van der Waals surface area contributed by atoms with Gasteiger partial charge in [0.15, 0.2) is 0 Å². The van der Waals surface area contributed by atoms with Gasteiger partial charge in [-0.2, -0.15) is 0 Å². The molecule has 1 aromatic rings. The van der Waals surface area contributed by atoms with Crippen molar-refractivity contribution in [2.24, 2.45) is 46.3 Å². The van der Waals surface area contributed by atoms with Gasteiger partial charge in [0.1, 0.15) is 11.1 Å². The van der Waals surface area contributed by atoms with Gasteiger partial charge in [0, 0.05) is 13.0 Å². The van der Waals surface area contributed by atoms with Crippen LogP contribution < -0.4 is 5.32 Å². The zero-order valence-electron chi connectivity index (χ0n) is 23.4. The predicted octanol–water partition coefficient (Wildman–Crippen LogP) is 5.74. The maximum Gasteiger partial charge on any atom is 0.226 e. The molecule has 5 aliphatic rings. The number of nitrogens with one attached hydrogen (secondary N) is 1. The first-order chi connectivity index (χ1) is 18.2. The molecule has 7 nitrogen and oxygen atoms in total. The summed E-state index contributed by atoms with van der Waals surface area (Å²) in [5.74, 6) is 3.08. The van der Waals surface area contributed by atoms with E-state index in [4.69, 9.17) is 4.74 Å². The summed E-state index contributed by atoms with van der Waals surface area (Å²) in [4.78, 5) is 12.8. The van der Waals surface area contributed by atoms with Gasteiger partial charge >= 0.3 is 0 Å². The average molecular weight is 546 g/mol. The molecule has 6 rings (SSSR count). The molecule has 4 aliphatic carbocycles. The largest absolute Gasteiger partial charge is 0.393 e. The number of hydrogen-bond donors (Lipinski definition) is 3. The summed E-state index contributed by atoms with van der Waals surface area (Å²) in [6.45, 7) is 8.09. The summed E-state index contributed by atoms with van der Waals surface area (Å²) in [5, 5.41) is 34.6. The van der Waals surface area contributed by atoms with E-state index in [1.807, 2.05) is 0 Å². The van der Waals surface area contributed by atoms with Gasteiger partial charge < -0.3 is 20.3 Å². The lowest BCUT2D eigenvalue weighted by molar-refractivity contribution is -0.174. The van der Waals surface area contributed by atoms with E-state index >= 15 is 0 Å². The molecule has 1 aromatic heterocycles. The normalized spacial score (nSPS) is 45.2. The van der Waals surface area contributed by atoms with Crippen LogP contribution in [0.25, 0.3) is 0 Å². The number of aliphatic hydroxyl groups is 2. The number of aromatic nitrogens is 2. The van der Waals surface area contributed by atoms with Crippen LogP contribution >= 0.6 is 11.3 Å². The number of anilines is 1. The third kappa shape index (κ3) is 4.65. The van der Waals surface area contributed by atoms with E-state index in [9.17, 15) is 15.0 Å². The maximum atomic E-state index is 12.8. The quantitative estimate of drug-likeness (QED) is 0.421. The van der Waals surface area contributed by atoms with Gasteiger partial charge in [0.25, 0.3) is 0 Å². The van der Waals surface area contributed by atoms with Crippen molar-refractivity contribution >= 4 is 22.4 Å². The number of hydrogen-bond acceptors (Lipinski definition) is 7. The van der Waals surface area contributed by atoms with Crippen molar-refractivity contribution in [1.82, 2.24) is 10.2 Å². The van der Waals surface area contributed by atoms with Gasteiger partial charge in [0.2, 0.25) is 11.0 Å². The molecule has 11 atom stereocenters. The number of ether oxygens (including phenoxy) is 1. The Morgan fingerprint density at radius 1 is 1.08 bits per heavy atom. The molecule has 38 heavy (non-hydrogen) atoms. The Balaban J connectivity index is 1.07. The van der Waals surface area contributed by atoms with Gasteiger partial charge in [-0.3, -0.25) is 4.79 Å². The molecule has 0 aromatic carbocycles. The van der Waals surface area contributed by atoms with Crippen LogP contribution in [0.1, 0.15) is 109 Å². The van der Waals surface area contributed by atoms with E-state index in [1.165, 1.54) is 37.0 Å². The number of aliphatic hydroxyl groups excluding tert-OH is 2. The minimum Gasteiger partial charge on any atom is -0.393 e. The molecule has 8 heteroatoms. The topological polar surface area (TPSA) is 105 Å². The number of fused-ring (bicyclic) bond motifs is 5. The zero-order chi connectivity index (χ0) is 26.7. The molecule has 1 saturated heterocycles. The second-order valence-corrected chi connectivity index (χ2v) is 15.0. The molecule has 2 heterocycles. The van der Waals surface area contributed by atoms with E-state index in [2.05, 4.69) is 36.3 Å². The fraction of sp³-hybridized carbons (Fsp3) is 0.900. The number of nitrogens with zero attached hydrogens (tertiary/aromatic N) is 2. The number of carbonyl (C=O) groups excluding carboxylic acids is 1. The Labute approximate surface area is 231 Å². The van der Waals surface area contributed by atoms with Crippen LogP contribution in [0.2, 0.25) is 0 Å². The molecule has 4 saturated carbocycles. The molecule has 1 aliphatic heterocycles. The average Bonchev–Trinajstić information content (AvgIpc) is 3.63. The Bertz CT molecular complexity index is 1010. The highest BCUT2D eigenvalue weighted by molar-refractivity contribution is 7.15.